The van der Waals surface area contributed by atoms with Crippen LogP contribution in [0.4, 0.5) is 0 Å². The summed E-state index contributed by atoms with van der Waals surface area (Å²) in [6, 6.07) is -0.825. The van der Waals surface area contributed by atoms with Crippen LogP contribution in [0.1, 0.15) is 245 Å². The molecule has 0 aromatic heterocycles. The average molecular weight is 1000 g/mol. The average Bonchev–Trinajstić information content (AvgIpc) is 3.36. The Hall–Kier alpha value is -1.27. The van der Waals surface area contributed by atoms with Gasteiger partial charge in [-0.1, -0.05) is 212 Å². The Morgan fingerprint density at radius 1 is 0.500 bits per heavy atom. The monoisotopic (exact) mass is 1000 g/mol. The molecule has 2 aliphatic heterocycles. The number of carbonyl (C=O) groups is 1. The van der Waals surface area contributed by atoms with Crippen molar-refractivity contribution in [2.45, 2.75) is 319 Å². The molecular weight excluding hydrogens is 895 g/mol. The van der Waals surface area contributed by atoms with E-state index in [9.17, 15) is 45.6 Å². The highest BCUT2D eigenvalue weighted by atomic mass is 16.7. The molecular formula is C56H107NO13. The summed E-state index contributed by atoms with van der Waals surface area (Å²) >= 11 is 0. The summed E-state index contributed by atoms with van der Waals surface area (Å²) in [4.78, 5) is 13.2. The minimum Gasteiger partial charge on any atom is -0.394 e. The quantitative estimate of drug-likeness (QED) is 0.0205. The molecule has 9 N–H and O–H groups in total. The van der Waals surface area contributed by atoms with Crippen LogP contribution >= 0.6 is 0 Å². The molecule has 12 unspecified atom stereocenters. The Morgan fingerprint density at radius 3 is 1.36 bits per heavy atom. The molecule has 2 rings (SSSR count). The molecule has 14 heteroatoms. The first-order chi connectivity index (χ1) is 34.1. The predicted molar refractivity (Wildman–Crippen MR) is 277 cm³/mol. The first kappa shape index (κ1) is 64.8. The molecule has 2 saturated heterocycles. The van der Waals surface area contributed by atoms with Crippen molar-refractivity contribution in [3.8, 4) is 0 Å². The maximum atomic E-state index is 13.2. The van der Waals surface area contributed by atoms with Gasteiger partial charge in [-0.3, -0.25) is 4.79 Å². The topological polar surface area (TPSA) is 228 Å². The Labute approximate surface area is 425 Å². The number of hydrogen-bond acceptors (Lipinski definition) is 13. The number of aliphatic hydroxyl groups excluding tert-OH is 8. The zero-order valence-electron chi connectivity index (χ0n) is 44.3. The van der Waals surface area contributed by atoms with E-state index in [-0.39, 0.29) is 12.5 Å². The first-order valence-corrected chi connectivity index (χ1v) is 28.9. The van der Waals surface area contributed by atoms with Gasteiger partial charge in [-0.15, -0.1) is 0 Å². The predicted octanol–water partition coefficient (Wildman–Crippen LogP) is 9.11. The van der Waals surface area contributed by atoms with Crippen molar-refractivity contribution in [2.24, 2.45) is 0 Å². The number of rotatable bonds is 46. The van der Waals surface area contributed by atoms with E-state index >= 15 is 0 Å². The molecule has 2 fully saturated rings. The molecule has 12 atom stereocenters. The summed E-state index contributed by atoms with van der Waals surface area (Å²) in [6.45, 7) is 2.87. The lowest BCUT2D eigenvalue weighted by Gasteiger charge is -2.46. The maximum absolute atomic E-state index is 13.2. The minimum absolute atomic E-state index is 0.205. The van der Waals surface area contributed by atoms with Crippen LogP contribution < -0.4 is 5.32 Å². The van der Waals surface area contributed by atoms with E-state index in [2.05, 4.69) is 31.3 Å². The largest absolute Gasteiger partial charge is 0.394 e. The van der Waals surface area contributed by atoms with Crippen molar-refractivity contribution in [3.63, 3.8) is 0 Å². The number of ether oxygens (including phenoxy) is 4. The molecule has 0 aliphatic carbocycles. The van der Waals surface area contributed by atoms with E-state index in [1.165, 1.54) is 167 Å². The number of carbonyl (C=O) groups excluding carboxylic acids is 1. The van der Waals surface area contributed by atoms with Gasteiger partial charge in [-0.25, -0.2) is 0 Å². The Morgan fingerprint density at radius 2 is 0.900 bits per heavy atom. The highest BCUT2D eigenvalue weighted by Gasteiger charge is 2.51. The summed E-state index contributed by atoms with van der Waals surface area (Å²) in [5.74, 6) is -0.205. The zero-order valence-corrected chi connectivity index (χ0v) is 44.3. The van der Waals surface area contributed by atoms with Gasteiger partial charge in [0.2, 0.25) is 5.91 Å². The van der Waals surface area contributed by atoms with Crippen LogP contribution in [0.5, 0.6) is 0 Å². The number of aliphatic hydroxyl groups is 8. The molecule has 2 aliphatic rings. The second kappa shape index (κ2) is 43.0. The molecule has 0 aromatic carbocycles. The van der Waals surface area contributed by atoms with Crippen molar-refractivity contribution in [1.82, 2.24) is 5.32 Å². The summed E-state index contributed by atoms with van der Waals surface area (Å²) in [6.07, 6.45) is 30.7. The van der Waals surface area contributed by atoms with E-state index in [4.69, 9.17) is 18.9 Å². The highest BCUT2D eigenvalue weighted by molar-refractivity contribution is 5.76. The number of amides is 1. The van der Waals surface area contributed by atoms with Crippen molar-refractivity contribution in [1.29, 1.82) is 0 Å². The number of unbranched alkanes of at least 4 members (excludes halogenated alkanes) is 31. The molecule has 0 spiro atoms. The summed E-state index contributed by atoms with van der Waals surface area (Å²) in [5.41, 5.74) is 0. The highest BCUT2D eigenvalue weighted by Crippen LogP contribution is 2.30. The van der Waals surface area contributed by atoms with E-state index < -0.39 is 86.8 Å². The van der Waals surface area contributed by atoms with Crippen molar-refractivity contribution in [2.75, 3.05) is 19.8 Å². The number of hydrogen-bond donors (Lipinski definition) is 9. The lowest BCUT2D eigenvalue weighted by molar-refractivity contribution is -0.359. The van der Waals surface area contributed by atoms with Crippen molar-refractivity contribution >= 4 is 5.91 Å². The minimum atomic E-state index is -1.78. The summed E-state index contributed by atoms with van der Waals surface area (Å²) < 4.78 is 22.8. The standard InChI is InChI=1S/C56H107NO13/c1-3-5-7-9-11-13-15-17-18-19-20-21-22-23-24-25-26-28-30-32-34-36-38-40-48(61)57-44(45(60)39-37-35-33-31-29-27-16-14-12-10-8-6-4-2)43-67-55-53(66)51(64)54(47(42-59)69-55)70-56-52(65)50(63)49(62)46(41-58)68-56/h19-20,44-47,49-56,58-60,62-66H,3-18,21-43H2,1-2H3,(H,57,61)/b20-19-. The molecule has 2 heterocycles. The molecule has 14 nitrogen and oxygen atoms in total. The second-order valence-electron chi connectivity index (χ2n) is 20.8. The SMILES string of the molecule is CCCCCCCCCC/C=C\CCCCCCCCCCCCCC(=O)NC(COC1OC(CO)C(OC2OC(CO)C(O)C(O)C2O)C(O)C1O)C(O)CCCCCCCCCCCCCCC. The number of allylic oxidation sites excluding steroid dienone is 2. The third-order valence-electron chi connectivity index (χ3n) is 14.5. The Bertz CT molecular complexity index is 1230. The van der Waals surface area contributed by atoms with Crippen LogP contribution in [0, 0.1) is 0 Å². The van der Waals surface area contributed by atoms with E-state index in [0.717, 1.165) is 51.4 Å². The van der Waals surface area contributed by atoms with Crippen LogP contribution in [0.15, 0.2) is 12.2 Å². The van der Waals surface area contributed by atoms with Gasteiger partial charge >= 0.3 is 0 Å². The fraction of sp³-hybridized carbons (Fsp3) is 0.946. The second-order valence-corrected chi connectivity index (χ2v) is 20.8. The van der Waals surface area contributed by atoms with Gasteiger partial charge in [0.15, 0.2) is 12.6 Å². The molecule has 414 valence electrons. The Balaban J connectivity index is 1.73. The third kappa shape index (κ3) is 29.0. The fourth-order valence-corrected chi connectivity index (χ4v) is 9.76. The van der Waals surface area contributed by atoms with Crippen LogP contribution in [-0.2, 0) is 23.7 Å². The van der Waals surface area contributed by atoms with Crippen molar-refractivity contribution in [3.05, 3.63) is 12.2 Å². The van der Waals surface area contributed by atoms with Gasteiger partial charge in [0.1, 0.15) is 48.8 Å². The lowest BCUT2D eigenvalue weighted by Crippen LogP contribution is -2.65. The smallest absolute Gasteiger partial charge is 0.220 e. The Kier molecular flexibility index (Phi) is 39.9. The maximum Gasteiger partial charge on any atom is 0.220 e. The van der Waals surface area contributed by atoms with Gasteiger partial charge in [-0.05, 0) is 38.5 Å². The molecule has 0 aromatic rings. The van der Waals surface area contributed by atoms with Crippen molar-refractivity contribution < 1.29 is 64.6 Å². The van der Waals surface area contributed by atoms with Crippen LogP contribution in [-0.4, -0.2) is 140 Å². The van der Waals surface area contributed by atoms with Crippen LogP contribution in [0.3, 0.4) is 0 Å². The molecule has 70 heavy (non-hydrogen) atoms. The first-order valence-electron chi connectivity index (χ1n) is 28.9. The van der Waals surface area contributed by atoms with E-state index in [1.54, 1.807) is 0 Å². The fourth-order valence-electron chi connectivity index (χ4n) is 9.76. The zero-order chi connectivity index (χ0) is 51.0. The molecule has 0 bridgehead atoms. The van der Waals surface area contributed by atoms with E-state index in [1.807, 2.05) is 0 Å². The number of nitrogens with one attached hydrogen (secondary N) is 1. The van der Waals surface area contributed by atoms with E-state index in [0.29, 0.717) is 12.8 Å². The van der Waals surface area contributed by atoms with Gasteiger partial charge in [0.05, 0.1) is 32.0 Å². The summed E-state index contributed by atoms with van der Waals surface area (Å²) in [7, 11) is 0. The van der Waals surface area contributed by atoms with Crippen LogP contribution in [0.25, 0.3) is 0 Å². The van der Waals surface area contributed by atoms with Gasteiger partial charge in [-0.2, -0.15) is 0 Å². The summed E-state index contributed by atoms with van der Waals surface area (Å²) in [5, 5.41) is 87.1. The normalized spacial score (nSPS) is 26.0. The van der Waals surface area contributed by atoms with Gasteiger partial charge in [0, 0.05) is 6.42 Å². The lowest BCUT2D eigenvalue weighted by atomic mass is 9.97. The van der Waals surface area contributed by atoms with Gasteiger partial charge in [0.25, 0.3) is 0 Å². The molecule has 0 radical (unpaired) electrons. The van der Waals surface area contributed by atoms with Crippen LogP contribution in [0.2, 0.25) is 0 Å². The van der Waals surface area contributed by atoms with Gasteiger partial charge < -0.3 is 65.1 Å². The molecule has 1 amide bonds. The third-order valence-corrected chi connectivity index (χ3v) is 14.5. The molecule has 0 saturated carbocycles.